The maximum atomic E-state index is 5.83. The lowest BCUT2D eigenvalue weighted by Gasteiger charge is -2.26. The average Bonchev–Trinajstić information content (AvgIpc) is 2.91. The highest BCUT2D eigenvalue weighted by atomic mass is 32.1. The van der Waals surface area contributed by atoms with Crippen molar-refractivity contribution in [1.29, 1.82) is 0 Å². The van der Waals surface area contributed by atoms with Crippen molar-refractivity contribution in [3.05, 3.63) is 35.5 Å². The van der Waals surface area contributed by atoms with Gasteiger partial charge >= 0.3 is 0 Å². The minimum atomic E-state index is 0.423. The molecule has 2 N–H and O–H groups in total. The summed E-state index contributed by atoms with van der Waals surface area (Å²) in [5.41, 5.74) is 10.0. The van der Waals surface area contributed by atoms with Crippen LogP contribution >= 0.6 is 11.3 Å². The summed E-state index contributed by atoms with van der Waals surface area (Å²) in [6, 6.07) is 6.28. The molecule has 1 aromatic carbocycles. The van der Waals surface area contributed by atoms with Gasteiger partial charge in [-0.25, -0.2) is 0 Å². The fourth-order valence-electron chi connectivity index (χ4n) is 2.28. The van der Waals surface area contributed by atoms with E-state index >= 15 is 0 Å². The Balaban J connectivity index is 2.12. The van der Waals surface area contributed by atoms with Crippen molar-refractivity contribution in [3.8, 4) is 16.2 Å². The first-order valence-electron chi connectivity index (χ1n) is 5.75. The second-order valence-electron chi connectivity index (χ2n) is 4.16. The molecule has 3 rings (SSSR count). The Morgan fingerprint density at radius 2 is 2.41 bits per heavy atom. The Labute approximate surface area is 104 Å². The van der Waals surface area contributed by atoms with Gasteiger partial charge in [-0.1, -0.05) is 12.1 Å². The average molecular weight is 246 g/mol. The molecule has 88 valence electrons. The number of fused-ring (bicyclic) bond motifs is 1. The maximum Gasteiger partial charge on any atom is 0.131 e. The van der Waals surface area contributed by atoms with E-state index in [1.54, 1.807) is 11.3 Å². The minimum Gasteiger partial charge on any atom is -0.493 e. The number of nitrogens with zero attached hydrogens (tertiary/aromatic N) is 1. The van der Waals surface area contributed by atoms with Gasteiger partial charge in [0.05, 0.1) is 17.0 Å². The Bertz CT molecular complexity index is 510. The number of ether oxygens (including phenoxy) is 1. The van der Waals surface area contributed by atoms with Crippen molar-refractivity contribution in [1.82, 2.24) is 4.98 Å². The quantitative estimate of drug-likeness (QED) is 0.886. The van der Waals surface area contributed by atoms with E-state index in [1.807, 2.05) is 11.7 Å². The highest BCUT2D eigenvalue weighted by Gasteiger charge is 2.23. The molecule has 0 unspecified atom stereocenters. The number of nitrogens with two attached hydrogens (primary N) is 1. The van der Waals surface area contributed by atoms with Crippen LogP contribution in [0.3, 0.4) is 0 Å². The predicted octanol–water partition coefficient (Wildman–Crippen LogP) is 2.63. The molecule has 1 aliphatic rings. The molecule has 0 bridgehead atoms. The minimum absolute atomic E-state index is 0.423. The fraction of sp³-hybridized carbons (Fsp3) is 0.308. The van der Waals surface area contributed by atoms with Gasteiger partial charge < -0.3 is 10.5 Å². The Hall–Kier alpha value is -1.39. The zero-order chi connectivity index (χ0) is 11.7. The summed E-state index contributed by atoms with van der Waals surface area (Å²) < 4.78 is 5.83. The van der Waals surface area contributed by atoms with Gasteiger partial charge in [-0.3, -0.25) is 4.98 Å². The lowest BCUT2D eigenvalue weighted by molar-refractivity contribution is 0.270. The summed E-state index contributed by atoms with van der Waals surface area (Å²) >= 11 is 1.64. The van der Waals surface area contributed by atoms with E-state index in [9.17, 15) is 0 Å². The standard InChI is InChI=1S/C13H14N2OS/c14-6-9-4-5-16-13-10(9)2-1-3-11(13)12-7-15-8-17-12/h1-3,7-9H,4-6,14H2/t9-/m0/s1. The van der Waals surface area contributed by atoms with Crippen LogP contribution in [0, 0.1) is 0 Å². The third-order valence-corrected chi connectivity index (χ3v) is 3.99. The zero-order valence-corrected chi connectivity index (χ0v) is 10.2. The van der Waals surface area contributed by atoms with Gasteiger partial charge in [-0.15, -0.1) is 11.3 Å². The first kappa shape index (κ1) is 10.7. The third kappa shape index (κ3) is 1.83. The monoisotopic (exact) mass is 246 g/mol. The van der Waals surface area contributed by atoms with E-state index in [1.165, 1.54) is 5.56 Å². The van der Waals surface area contributed by atoms with Gasteiger partial charge in [0, 0.05) is 17.7 Å². The van der Waals surface area contributed by atoms with Crippen LogP contribution in [-0.2, 0) is 0 Å². The van der Waals surface area contributed by atoms with Gasteiger partial charge in [-0.05, 0) is 24.6 Å². The van der Waals surface area contributed by atoms with Gasteiger partial charge in [0.1, 0.15) is 5.75 Å². The number of benzene rings is 1. The highest BCUT2D eigenvalue weighted by Crippen LogP contribution is 2.41. The molecular formula is C13H14N2OS. The van der Waals surface area contributed by atoms with Gasteiger partial charge in [-0.2, -0.15) is 0 Å². The van der Waals surface area contributed by atoms with Crippen LogP contribution in [0.25, 0.3) is 10.4 Å². The molecule has 1 aliphatic heterocycles. The SMILES string of the molecule is NC[C@@H]1CCOc2c(-c3cncs3)cccc21. The summed E-state index contributed by atoms with van der Waals surface area (Å²) in [6.45, 7) is 1.44. The molecule has 0 amide bonds. The van der Waals surface area contributed by atoms with E-state index < -0.39 is 0 Å². The van der Waals surface area contributed by atoms with E-state index in [-0.39, 0.29) is 0 Å². The molecule has 1 atom stereocenters. The number of para-hydroxylation sites is 1. The van der Waals surface area contributed by atoms with Crippen molar-refractivity contribution in [2.75, 3.05) is 13.2 Å². The van der Waals surface area contributed by atoms with Gasteiger partial charge in [0.15, 0.2) is 0 Å². The molecule has 0 saturated heterocycles. The van der Waals surface area contributed by atoms with Gasteiger partial charge in [0.25, 0.3) is 0 Å². The first-order valence-corrected chi connectivity index (χ1v) is 6.62. The molecule has 3 nitrogen and oxygen atoms in total. The Morgan fingerprint density at radius 1 is 1.47 bits per heavy atom. The number of rotatable bonds is 2. The van der Waals surface area contributed by atoms with E-state index in [0.29, 0.717) is 12.5 Å². The van der Waals surface area contributed by atoms with Crippen molar-refractivity contribution >= 4 is 11.3 Å². The van der Waals surface area contributed by atoms with Crippen LogP contribution in [0.1, 0.15) is 17.9 Å². The molecule has 1 aromatic heterocycles. The van der Waals surface area contributed by atoms with Crippen LogP contribution in [0.5, 0.6) is 5.75 Å². The number of hydrogen-bond donors (Lipinski definition) is 1. The van der Waals surface area contributed by atoms with Crippen molar-refractivity contribution < 1.29 is 4.74 Å². The zero-order valence-electron chi connectivity index (χ0n) is 9.43. The van der Waals surface area contributed by atoms with Crippen molar-refractivity contribution in [3.63, 3.8) is 0 Å². The molecule has 17 heavy (non-hydrogen) atoms. The van der Waals surface area contributed by atoms with E-state index in [0.717, 1.165) is 29.2 Å². The van der Waals surface area contributed by atoms with Crippen molar-refractivity contribution in [2.45, 2.75) is 12.3 Å². The Morgan fingerprint density at radius 3 is 3.18 bits per heavy atom. The molecule has 0 spiro atoms. The molecule has 0 fully saturated rings. The largest absolute Gasteiger partial charge is 0.493 e. The van der Waals surface area contributed by atoms with Crippen LogP contribution in [0.15, 0.2) is 29.9 Å². The summed E-state index contributed by atoms with van der Waals surface area (Å²) in [7, 11) is 0. The number of hydrogen-bond acceptors (Lipinski definition) is 4. The lowest BCUT2D eigenvalue weighted by atomic mass is 9.91. The van der Waals surface area contributed by atoms with E-state index in [2.05, 4.69) is 23.2 Å². The molecular weight excluding hydrogens is 232 g/mol. The molecule has 0 saturated carbocycles. The fourth-order valence-corrected chi connectivity index (χ4v) is 2.93. The Kier molecular flexibility index (Phi) is 2.82. The van der Waals surface area contributed by atoms with Crippen LogP contribution in [0.2, 0.25) is 0 Å². The molecule has 2 aromatic rings. The summed E-state index contributed by atoms with van der Waals surface area (Å²) in [6.07, 6.45) is 2.89. The maximum absolute atomic E-state index is 5.83. The van der Waals surface area contributed by atoms with Crippen LogP contribution < -0.4 is 10.5 Å². The summed E-state index contributed by atoms with van der Waals surface area (Å²) in [5, 5.41) is 0. The smallest absolute Gasteiger partial charge is 0.131 e. The molecule has 0 aliphatic carbocycles. The first-order chi connectivity index (χ1) is 8.40. The topological polar surface area (TPSA) is 48.1 Å². The second kappa shape index (κ2) is 4.47. The summed E-state index contributed by atoms with van der Waals surface area (Å²) in [5.74, 6) is 1.42. The summed E-state index contributed by atoms with van der Waals surface area (Å²) in [4.78, 5) is 5.28. The lowest BCUT2D eigenvalue weighted by Crippen LogP contribution is -2.21. The predicted molar refractivity (Wildman–Crippen MR) is 69.5 cm³/mol. The molecule has 4 heteroatoms. The normalized spacial score (nSPS) is 18.5. The number of thiazole rings is 1. The van der Waals surface area contributed by atoms with Gasteiger partial charge in [0.2, 0.25) is 0 Å². The van der Waals surface area contributed by atoms with Crippen molar-refractivity contribution in [2.24, 2.45) is 5.73 Å². The van der Waals surface area contributed by atoms with E-state index in [4.69, 9.17) is 10.5 Å². The van der Waals surface area contributed by atoms with Crippen LogP contribution in [0.4, 0.5) is 0 Å². The second-order valence-corrected chi connectivity index (χ2v) is 5.05. The van der Waals surface area contributed by atoms with Crippen LogP contribution in [-0.4, -0.2) is 18.1 Å². The molecule has 2 heterocycles. The number of aromatic nitrogens is 1. The molecule has 0 radical (unpaired) electrons. The highest BCUT2D eigenvalue weighted by molar-refractivity contribution is 7.13. The third-order valence-electron chi connectivity index (χ3n) is 3.18.